The number of hydrogen-bond donors (Lipinski definition) is 3. The third kappa shape index (κ3) is 10.6. The predicted molar refractivity (Wildman–Crippen MR) is 96.3 cm³/mol. The molecular weight excluding hydrogens is 358 g/mol. The second-order valence-electron chi connectivity index (χ2n) is 6.55. The third-order valence-corrected chi connectivity index (χ3v) is 4.36. The number of amides is 1. The van der Waals surface area contributed by atoms with Crippen LogP contribution >= 0.6 is 0 Å². The van der Waals surface area contributed by atoms with E-state index in [9.17, 15) is 19.2 Å². The zero-order chi connectivity index (χ0) is 20.2. The molecule has 11 nitrogen and oxygen atoms in total. The molecule has 1 amide bonds. The number of hydrogen-bond acceptors (Lipinski definition) is 8. The van der Waals surface area contributed by atoms with Crippen molar-refractivity contribution in [3.8, 4) is 0 Å². The molecule has 0 bridgehead atoms. The number of aldehydes is 1. The maximum absolute atomic E-state index is 11.3. The van der Waals surface area contributed by atoms with Gasteiger partial charge in [-0.25, -0.2) is 0 Å². The predicted octanol–water partition coefficient (Wildman–Crippen LogP) is -2.94. The minimum absolute atomic E-state index is 0.0269. The van der Waals surface area contributed by atoms with Crippen LogP contribution in [0.25, 0.3) is 0 Å². The van der Waals surface area contributed by atoms with Gasteiger partial charge in [0.1, 0.15) is 6.29 Å². The Bertz CT molecular complexity index is 486. The van der Waals surface area contributed by atoms with E-state index in [1.165, 1.54) is 0 Å². The quantitative estimate of drug-likeness (QED) is 0.369. The highest BCUT2D eigenvalue weighted by Crippen LogP contribution is 2.00. The molecule has 11 heteroatoms. The zero-order valence-electron chi connectivity index (χ0n) is 15.5. The van der Waals surface area contributed by atoms with Gasteiger partial charge in [-0.1, -0.05) is 0 Å². The van der Waals surface area contributed by atoms with Crippen LogP contribution in [0.4, 0.5) is 0 Å². The summed E-state index contributed by atoms with van der Waals surface area (Å²) in [5.41, 5.74) is 5.29. The highest BCUT2D eigenvalue weighted by atomic mass is 16.4. The molecule has 27 heavy (non-hydrogen) atoms. The van der Waals surface area contributed by atoms with E-state index >= 15 is 0 Å². The molecule has 1 fully saturated rings. The van der Waals surface area contributed by atoms with E-state index < -0.39 is 17.8 Å². The van der Waals surface area contributed by atoms with Crippen LogP contribution in [0.1, 0.15) is 0 Å². The van der Waals surface area contributed by atoms with E-state index in [1.54, 1.807) is 14.7 Å². The lowest BCUT2D eigenvalue weighted by molar-refractivity contribution is -0.139. The van der Waals surface area contributed by atoms with Crippen molar-refractivity contribution in [3.63, 3.8) is 0 Å². The van der Waals surface area contributed by atoms with E-state index in [4.69, 9.17) is 15.9 Å². The van der Waals surface area contributed by atoms with E-state index in [-0.39, 0.29) is 26.2 Å². The Labute approximate surface area is 158 Å². The number of carboxylic acid groups (broad SMARTS) is 2. The number of primary amides is 1. The van der Waals surface area contributed by atoms with Gasteiger partial charge in [0.15, 0.2) is 0 Å². The van der Waals surface area contributed by atoms with Crippen LogP contribution in [0.2, 0.25) is 0 Å². The smallest absolute Gasteiger partial charge is 0.317 e. The van der Waals surface area contributed by atoms with Crippen molar-refractivity contribution in [2.45, 2.75) is 0 Å². The Kier molecular flexibility index (Phi) is 10.5. The number of carbonyl (C=O) groups is 4. The summed E-state index contributed by atoms with van der Waals surface area (Å²) in [5.74, 6) is -2.38. The molecule has 0 aromatic carbocycles. The average molecular weight is 387 g/mol. The fraction of sp³-hybridized carbons (Fsp3) is 0.750. The molecule has 0 saturated carbocycles. The van der Waals surface area contributed by atoms with E-state index in [0.717, 1.165) is 6.29 Å². The minimum atomic E-state index is -0.946. The molecule has 154 valence electrons. The summed E-state index contributed by atoms with van der Waals surface area (Å²) in [5, 5.41) is 18.2. The normalized spacial score (nSPS) is 19.7. The fourth-order valence-electron chi connectivity index (χ4n) is 2.94. The molecule has 0 unspecified atom stereocenters. The van der Waals surface area contributed by atoms with Crippen molar-refractivity contribution in [1.29, 1.82) is 0 Å². The molecular formula is C16H29N5O6. The molecule has 0 aromatic rings. The van der Waals surface area contributed by atoms with Crippen molar-refractivity contribution < 1.29 is 29.4 Å². The molecule has 1 heterocycles. The van der Waals surface area contributed by atoms with Gasteiger partial charge in [0.25, 0.3) is 0 Å². The van der Waals surface area contributed by atoms with Gasteiger partial charge in [0.05, 0.1) is 26.2 Å². The first kappa shape index (κ1) is 23.0. The summed E-state index contributed by atoms with van der Waals surface area (Å²) < 4.78 is 0. The lowest BCUT2D eigenvalue weighted by atomic mass is 10.3. The zero-order valence-corrected chi connectivity index (χ0v) is 15.5. The Balaban J connectivity index is 2.86. The molecule has 1 saturated heterocycles. The van der Waals surface area contributed by atoms with Gasteiger partial charge in [-0.2, -0.15) is 0 Å². The van der Waals surface area contributed by atoms with Crippen molar-refractivity contribution in [2.75, 3.05) is 78.5 Å². The van der Waals surface area contributed by atoms with E-state index in [2.05, 4.69) is 0 Å². The van der Waals surface area contributed by atoms with Crippen molar-refractivity contribution in [2.24, 2.45) is 5.73 Å². The van der Waals surface area contributed by atoms with Crippen LogP contribution in [0.15, 0.2) is 0 Å². The van der Waals surface area contributed by atoms with Gasteiger partial charge in [-0.3, -0.25) is 34.0 Å². The van der Waals surface area contributed by atoms with Gasteiger partial charge in [-0.05, 0) is 0 Å². The van der Waals surface area contributed by atoms with Crippen LogP contribution in [0.3, 0.4) is 0 Å². The molecule has 0 spiro atoms. The summed E-state index contributed by atoms with van der Waals surface area (Å²) in [6.07, 6.45) is 0.781. The first-order chi connectivity index (χ1) is 12.8. The molecule has 0 atom stereocenters. The second kappa shape index (κ2) is 12.3. The lowest BCUT2D eigenvalue weighted by Gasteiger charge is -2.32. The van der Waals surface area contributed by atoms with Crippen molar-refractivity contribution >= 4 is 24.1 Å². The van der Waals surface area contributed by atoms with Crippen LogP contribution in [-0.4, -0.2) is 132 Å². The molecule has 0 aliphatic carbocycles. The van der Waals surface area contributed by atoms with Crippen LogP contribution in [0.5, 0.6) is 0 Å². The van der Waals surface area contributed by atoms with Crippen LogP contribution in [0, 0.1) is 0 Å². The van der Waals surface area contributed by atoms with Crippen molar-refractivity contribution in [3.05, 3.63) is 0 Å². The molecule has 1 rings (SSSR count). The van der Waals surface area contributed by atoms with E-state index in [1.807, 2.05) is 4.90 Å². The molecule has 0 radical (unpaired) electrons. The van der Waals surface area contributed by atoms with Gasteiger partial charge >= 0.3 is 11.9 Å². The van der Waals surface area contributed by atoms with Crippen LogP contribution in [-0.2, 0) is 19.2 Å². The lowest BCUT2D eigenvalue weighted by Crippen LogP contribution is -2.49. The highest BCUT2D eigenvalue weighted by Gasteiger charge is 2.19. The standard InChI is InChI=1S/C16H29N5O6/c17-14(23)11-19-5-7-20(12-15(24)25)3-1-18(9-10-22)2-4-21(8-6-19)13-16(26)27/h10H,1-9,11-13H2,(H2,17,23)(H,24,25)(H,26,27). The molecule has 1 aliphatic heterocycles. The summed E-state index contributed by atoms with van der Waals surface area (Å²) in [6.45, 7) is 3.55. The molecule has 0 aromatic heterocycles. The summed E-state index contributed by atoms with van der Waals surface area (Å²) in [6, 6.07) is 0. The summed E-state index contributed by atoms with van der Waals surface area (Å²) >= 11 is 0. The molecule has 4 N–H and O–H groups in total. The van der Waals surface area contributed by atoms with E-state index in [0.29, 0.717) is 52.4 Å². The number of aliphatic carboxylic acids is 2. The highest BCUT2D eigenvalue weighted by molar-refractivity contribution is 5.75. The number of carbonyl (C=O) groups excluding carboxylic acids is 2. The van der Waals surface area contributed by atoms with Crippen molar-refractivity contribution in [1.82, 2.24) is 19.6 Å². The Morgan fingerprint density at radius 2 is 1.04 bits per heavy atom. The number of nitrogens with two attached hydrogens (primary N) is 1. The topological polar surface area (TPSA) is 148 Å². The SMILES string of the molecule is NC(=O)CN1CCN(CC(=O)O)CCN(CC=O)CCN(CC(=O)O)CC1. The summed E-state index contributed by atoms with van der Waals surface area (Å²) in [4.78, 5) is 51.6. The second-order valence-corrected chi connectivity index (χ2v) is 6.55. The van der Waals surface area contributed by atoms with Gasteiger partial charge in [-0.15, -0.1) is 0 Å². The maximum Gasteiger partial charge on any atom is 0.317 e. The third-order valence-electron chi connectivity index (χ3n) is 4.36. The van der Waals surface area contributed by atoms with Gasteiger partial charge in [0, 0.05) is 52.4 Å². The monoisotopic (exact) mass is 387 g/mol. The first-order valence-electron chi connectivity index (χ1n) is 8.85. The maximum atomic E-state index is 11.3. The van der Waals surface area contributed by atoms with Crippen LogP contribution < -0.4 is 5.73 Å². The largest absolute Gasteiger partial charge is 0.480 e. The number of carboxylic acids is 2. The Hall–Kier alpha value is -2.08. The summed E-state index contributed by atoms with van der Waals surface area (Å²) in [7, 11) is 0. The fourth-order valence-corrected chi connectivity index (χ4v) is 2.94. The minimum Gasteiger partial charge on any atom is -0.480 e. The Morgan fingerprint density at radius 3 is 1.33 bits per heavy atom. The average Bonchev–Trinajstić information content (AvgIpc) is 2.56. The van der Waals surface area contributed by atoms with Gasteiger partial charge < -0.3 is 20.7 Å². The van der Waals surface area contributed by atoms with Gasteiger partial charge in [0.2, 0.25) is 5.91 Å². The molecule has 1 aliphatic rings. The number of rotatable bonds is 8. The first-order valence-corrected chi connectivity index (χ1v) is 8.85. The number of nitrogens with zero attached hydrogens (tertiary/aromatic N) is 4. The Morgan fingerprint density at radius 1 is 0.704 bits per heavy atom.